The number of benzene rings is 2. The number of ether oxygens (including phenoxy) is 1. The highest BCUT2D eigenvalue weighted by Gasteiger charge is 2.48. The second-order valence-electron chi connectivity index (χ2n) is 7.70. The predicted octanol–water partition coefficient (Wildman–Crippen LogP) is 2.85. The van der Waals surface area contributed by atoms with Gasteiger partial charge in [-0.1, -0.05) is 42.5 Å². The predicted molar refractivity (Wildman–Crippen MR) is 108 cm³/mol. The highest BCUT2D eigenvalue weighted by atomic mass is 16.5. The van der Waals surface area contributed by atoms with E-state index in [-0.39, 0.29) is 18.6 Å². The van der Waals surface area contributed by atoms with Crippen LogP contribution in [0.25, 0.3) is 10.9 Å². The van der Waals surface area contributed by atoms with Gasteiger partial charge in [0.25, 0.3) is 0 Å². The third-order valence-electron chi connectivity index (χ3n) is 5.94. The molecular formula is C23H23N3O2. The summed E-state index contributed by atoms with van der Waals surface area (Å²) in [6, 6.07) is 20.8. The van der Waals surface area contributed by atoms with Crippen molar-refractivity contribution in [2.75, 3.05) is 19.7 Å². The first-order valence-electron chi connectivity index (χ1n) is 9.77. The molecule has 0 spiro atoms. The summed E-state index contributed by atoms with van der Waals surface area (Å²) in [5.41, 5.74) is 2.99. The maximum Gasteiger partial charge on any atom is 0.246 e. The molecule has 1 amide bonds. The number of likely N-dealkylation sites (tertiary alicyclic amines) is 1. The lowest BCUT2D eigenvalue weighted by Crippen LogP contribution is -2.66. The van der Waals surface area contributed by atoms with Gasteiger partial charge in [-0.2, -0.15) is 0 Å². The molecule has 2 saturated heterocycles. The van der Waals surface area contributed by atoms with Crippen molar-refractivity contribution in [1.29, 1.82) is 0 Å². The van der Waals surface area contributed by atoms with Crippen LogP contribution in [0.4, 0.5) is 0 Å². The van der Waals surface area contributed by atoms with E-state index in [9.17, 15) is 4.79 Å². The smallest absolute Gasteiger partial charge is 0.246 e. The summed E-state index contributed by atoms with van der Waals surface area (Å²) in [7, 11) is 0. The molecule has 5 heteroatoms. The summed E-state index contributed by atoms with van der Waals surface area (Å²) < 4.78 is 6.03. The van der Waals surface area contributed by atoms with E-state index in [0.717, 1.165) is 42.5 Å². The van der Waals surface area contributed by atoms with Crippen molar-refractivity contribution in [3.05, 3.63) is 78.0 Å². The number of hydrogen-bond acceptors (Lipinski definition) is 4. The topological polar surface area (TPSA) is 54.5 Å². The molecule has 142 valence electrons. The zero-order valence-corrected chi connectivity index (χ0v) is 15.7. The van der Waals surface area contributed by atoms with Gasteiger partial charge in [0.15, 0.2) is 0 Å². The number of rotatable bonds is 3. The molecule has 2 aliphatic rings. The number of carbonyl (C=O) groups is 1. The number of nitrogens with zero attached hydrogens (tertiary/aromatic N) is 2. The Morgan fingerprint density at radius 2 is 2.04 bits per heavy atom. The molecule has 0 unspecified atom stereocenters. The molecule has 1 aromatic heterocycles. The number of nitrogens with one attached hydrogen (secondary N) is 1. The maximum absolute atomic E-state index is 12.1. The van der Waals surface area contributed by atoms with E-state index >= 15 is 0 Å². The van der Waals surface area contributed by atoms with Crippen molar-refractivity contribution >= 4 is 16.8 Å². The first-order valence-corrected chi connectivity index (χ1v) is 9.77. The van der Waals surface area contributed by atoms with Gasteiger partial charge in [0.05, 0.1) is 17.2 Å². The van der Waals surface area contributed by atoms with Crippen LogP contribution in [0.2, 0.25) is 0 Å². The van der Waals surface area contributed by atoms with E-state index in [1.807, 2.05) is 30.5 Å². The van der Waals surface area contributed by atoms with Crippen LogP contribution in [-0.4, -0.2) is 41.6 Å². The SMILES string of the molecule is O=C1CO[C@@H]2CN(Cc3ccc4ncccc4c3)CC[C@@]2(c2ccccc2)N1. The minimum atomic E-state index is -0.430. The molecule has 2 fully saturated rings. The summed E-state index contributed by atoms with van der Waals surface area (Å²) in [5.74, 6) is -0.0319. The Kier molecular flexibility index (Phi) is 4.34. The Hall–Kier alpha value is -2.76. The fraction of sp³-hybridized carbons (Fsp3) is 0.304. The van der Waals surface area contributed by atoms with Gasteiger partial charge in [-0.3, -0.25) is 14.7 Å². The molecule has 3 heterocycles. The molecule has 2 aromatic carbocycles. The molecule has 0 aliphatic carbocycles. The highest BCUT2D eigenvalue weighted by molar-refractivity contribution is 5.79. The number of pyridine rings is 1. The van der Waals surface area contributed by atoms with Crippen LogP contribution in [0.5, 0.6) is 0 Å². The molecule has 1 N–H and O–H groups in total. The Bertz CT molecular complexity index is 1010. The number of fused-ring (bicyclic) bond motifs is 2. The Labute approximate surface area is 164 Å². The van der Waals surface area contributed by atoms with Gasteiger partial charge in [-0.15, -0.1) is 0 Å². The normalized spacial score (nSPS) is 25.3. The Morgan fingerprint density at radius 1 is 1.14 bits per heavy atom. The third-order valence-corrected chi connectivity index (χ3v) is 5.94. The average molecular weight is 373 g/mol. The fourth-order valence-electron chi connectivity index (χ4n) is 4.54. The summed E-state index contributed by atoms with van der Waals surface area (Å²) >= 11 is 0. The first-order chi connectivity index (χ1) is 13.7. The monoisotopic (exact) mass is 373 g/mol. The lowest BCUT2D eigenvalue weighted by atomic mass is 9.77. The second kappa shape index (κ2) is 7.00. The Balaban J connectivity index is 1.38. The Morgan fingerprint density at radius 3 is 2.93 bits per heavy atom. The zero-order valence-electron chi connectivity index (χ0n) is 15.7. The van der Waals surface area contributed by atoms with E-state index in [4.69, 9.17) is 4.74 Å². The van der Waals surface area contributed by atoms with E-state index in [2.05, 4.69) is 51.6 Å². The lowest BCUT2D eigenvalue weighted by Gasteiger charge is -2.50. The van der Waals surface area contributed by atoms with Crippen LogP contribution in [0, 0.1) is 0 Å². The molecule has 0 radical (unpaired) electrons. The first kappa shape index (κ1) is 17.3. The minimum absolute atomic E-state index is 0.0319. The minimum Gasteiger partial charge on any atom is -0.364 e. The number of carbonyl (C=O) groups excluding carboxylic acids is 1. The quantitative estimate of drug-likeness (QED) is 0.767. The molecule has 2 atom stereocenters. The van der Waals surface area contributed by atoms with E-state index in [1.165, 1.54) is 5.56 Å². The van der Waals surface area contributed by atoms with Gasteiger partial charge in [-0.25, -0.2) is 0 Å². The summed E-state index contributed by atoms with van der Waals surface area (Å²) in [6.07, 6.45) is 2.61. The van der Waals surface area contributed by atoms with Gasteiger partial charge >= 0.3 is 0 Å². The van der Waals surface area contributed by atoms with Crippen molar-refractivity contribution < 1.29 is 9.53 Å². The standard InChI is InChI=1S/C23H23N3O2/c27-22-16-28-21-15-26(12-10-23(21,25-22)19-6-2-1-3-7-19)14-17-8-9-20-18(13-17)5-4-11-24-20/h1-9,11,13,21H,10,12,14-16H2,(H,25,27)/t21-,23+/m1/s1. The van der Waals surface area contributed by atoms with Gasteiger partial charge in [0.2, 0.25) is 5.91 Å². The number of aromatic nitrogens is 1. The number of piperidine rings is 1. The van der Waals surface area contributed by atoms with Gasteiger partial charge in [-0.05, 0) is 35.7 Å². The van der Waals surface area contributed by atoms with Crippen LogP contribution >= 0.6 is 0 Å². The fourth-order valence-corrected chi connectivity index (χ4v) is 4.54. The van der Waals surface area contributed by atoms with Crippen molar-refractivity contribution in [3.8, 4) is 0 Å². The van der Waals surface area contributed by atoms with Crippen LogP contribution < -0.4 is 5.32 Å². The van der Waals surface area contributed by atoms with Crippen LogP contribution in [-0.2, 0) is 21.6 Å². The third kappa shape index (κ3) is 3.07. The zero-order chi connectivity index (χ0) is 19.0. The maximum atomic E-state index is 12.1. The summed E-state index contributed by atoms with van der Waals surface area (Å²) in [4.78, 5) is 19.0. The largest absolute Gasteiger partial charge is 0.364 e. The van der Waals surface area contributed by atoms with Crippen LogP contribution in [0.1, 0.15) is 17.5 Å². The molecule has 3 aromatic rings. The lowest BCUT2D eigenvalue weighted by molar-refractivity contribution is -0.152. The average Bonchev–Trinajstić information content (AvgIpc) is 2.74. The van der Waals surface area contributed by atoms with Gasteiger partial charge < -0.3 is 10.1 Å². The van der Waals surface area contributed by atoms with Crippen molar-refractivity contribution in [2.24, 2.45) is 0 Å². The van der Waals surface area contributed by atoms with Crippen molar-refractivity contribution in [2.45, 2.75) is 24.6 Å². The molecular weight excluding hydrogens is 350 g/mol. The number of morpholine rings is 1. The van der Waals surface area contributed by atoms with Crippen molar-refractivity contribution in [3.63, 3.8) is 0 Å². The van der Waals surface area contributed by atoms with Gasteiger partial charge in [0, 0.05) is 31.2 Å². The molecule has 0 saturated carbocycles. The van der Waals surface area contributed by atoms with Crippen molar-refractivity contribution in [1.82, 2.24) is 15.2 Å². The van der Waals surface area contributed by atoms with E-state index in [0.29, 0.717) is 0 Å². The molecule has 0 bridgehead atoms. The number of amides is 1. The number of hydrogen-bond donors (Lipinski definition) is 1. The van der Waals surface area contributed by atoms with Crippen LogP contribution in [0.3, 0.4) is 0 Å². The highest BCUT2D eigenvalue weighted by Crippen LogP contribution is 2.37. The van der Waals surface area contributed by atoms with Crippen LogP contribution in [0.15, 0.2) is 66.9 Å². The van der Waals surface area contributed by atoms with E-state index in [1.54, 1.807) is 0 Å². The molecule has 28 heavy (non-hydrogen) atoms. The molecule has 5 nitrogen and oxygen atoms in total. The summed E-state index contributed by atoms with van der Waals surface area (Å²) in [6.45, 7) is 2.69. The van der Waals surface area contributed by atoms with Gasteiger partial charge in [0.1, 0.15) is 6.61 Å². The second-order valence-corrected chi connectivity index (χ2v) is 7.70. The summed E-state index contributed by atoms with van der Waals surface area (Å²) in [5, 5.41) is 4.42. The molecule has 2 aliphatic heterocycles. The molecule has 5 rings (SSSR count). The van der Waals surface area contributed by atoms with E-state index < -0.39 is 5.54 Å².